The van der Waals surface area contributed by atoms with Crippen LogP contribution in [-0.4, -0.2) is 21.4 Å². The van der Waals surface area contributed by atoms with Gasteiger partial charge in [-0.1, -0.05) is 29.8 Å². The summed E-state index contributed by atoms with van der Waals surface area (Å²) in [6.45, 7) is 6.62. The number of hydrogen-bond donors (Lipinski definition) is 2. The smallest absolute Gasteiger partial charge is 0.120 e. The fourth-order valence-electron chi connectivity index (χ4n) is 1.44. The minimum absolute atomic E-state index is 0.913. The number of rotatable bonds is 0. The Morgan fingerprint density at radius 2 is 1.72 bits per heavy atom. The van der Waals surface area contributed by atoms with Gasteiger partial charge in [0.15, 0.2) is 0 Å². The van der Waals surface area contributed by atoms with E-state index < -0.39 is 11.2 Å². The van der Waals surface area contributed by atoms with E-state index in [2.05, 4.69) is 29.8 Å². The highest BCUT2D eigenvalue weighted by Gasteiger charge is 2.11. The van der Waals surface area contributed by atoms with Crippen LogP contribution >= 0.6 is 0 Å². The van der Waals surface area contributed by atoms with Crippen LogP contribution in [0.3, 0.4) is 0 Å². The molecule has 0 aromatic carbocycles. The van der Waals surface area contributed by atoms with E-state index in [-0.39, 0.29) is 0 Å². The van der Waals surface area contributed by atoms with Crippen LogP contribution in [0.25, 0.3) is 0 Å². The van der Waals surface area contributed by atoms with Gasteiger partial charge in [0.2, 0.25) is 0 Å². The Morgan fingerprint density at radius 3 is 2.28 bits per heavy atom. The Balaban J connectivity index is 2.85. The lowest BCUT2D eigenvalue weighted by Crippen LogP contribution is -2.14. The highest BCUT2D eigenvalue weighted by Crippen LogP contribution is 2.24. The van der Waals surface area contributed by atoms with Gasteiger partial charge in [0.1, 0.15) is 11.2 Å². The van der Waals surface area contributed by atoms with Gasteiger partial charge < -0.3 is 10.2 Å². The van der Waals surface area contributed by atoms with Crippen LogP contribution in [0.2, 0.25) is 0 Å². The first-order chi connectivity index (χ1) is 8.17. The number of hydrogen-bond acceptors (Lipinski definition) is 2. The molecule has 0 heterocycles. The van der Waals surface area contributed by atoms with Crippen molar-refractivity contribution < 1.29 is 10.2 Å². The van der Waals surface area contributed by atoms with Gasteiger partial charge in [-0.3, -0.25) is 0 Å². The molecule has 0 aliphatic heterocycles. The van der Waals surface area contributed by atoms with Crippen molar-refractivity contribution in [3.63, 3.8) is 0 Å². The summed E-state index contributed by atoms with van der Waals surface area (Å²) in [6, 6.07) is 0. The summed E-state index contributed by atoms with van der Waals surface area (Å²) in [6.07, 6.45) is 5.72. The monoisotopic (exact) mass is 244 g/mol. The number of aliphatic hydroxyl groups is 2. The van der Waals surface area contributed by atoms with Crippen molar-refractivity contribution in [1.82, 2.24) is 0 Å². The fourth-order valence-corrected chi connectivity index (χ4v) is 1.44. The van der Waals surface area contributed by atoms with Crippen LogP contribution in [0.4, 0.5) is 0 Å². The van der Waals surface area contributed by atoms with Crippen LogP contribution in [0, 0.1) is 23.7 Å². The second kappa shape index (κ2) is 5.44. The third-order valence-corrected chi connectivity index (χ3v) is 2.24. The molecule has 1 rings (SSSR count). The topological polar surface area (TPSA) is 40.5 Å². The zero-order chi connectivity index (χ0) is 13.8. The third-order valence-electron chi connectivity index (χ3n) is 2.24. The molecule has 2 nitrogen and oxygen atoms in total. The summed E-state index contributed by atoms with van der Waals surface area (Å²) in [5, 5.41) is 19.1. The van der Waals surface area contributed by atoms with Crippen molar-refractivity contribution in [2.24, 2.45) is 0 Å². The maximum atomic E-state index is 9.57. The average molecular weight is 244 g/mol. The van der Waals surface area contributed by atoms with Gasteiger partial charge in [-0.15, -0.1) is 0 Å². The van der Waals surface area contributed by atoms with Gasteiger partial charge in [0.05, 0.1) is 0 Å². The summed E-state index contributed by atoms with van der Waals surface area (Å²) >= 11 is 0. The lowest BCUT2D eigenvalue weighted by atomic mass is 10.1. The molecule has 18 heavy (non-hydrogen) atoms. The zero-order valence-corrected chi connectivity index (χ0v) is 11.5. The summed E-state index contributed by atoms with van der Waals surface area (Å²) in [5.41, 5.74) is 0.0525. The van der Waals surface area contributed by atoms with Crippen LogP contribution in [0.1, 0.15) is 40.5 Å². The van der Waals surface area contributed by atoms with Crippen molar-refractivity contribution >= 4 is 0 Å². The van der Waals surface area contributed by atoms with E-state index >= 15 is 0 Å². The Hall–Kier alpha value is -1.48. The van der Waals surface area contributed by atoms with E-state index in [0.717, 1.165) is 24.0 Å². The zero-order valence-electron chi connectivity index (χ0n) is 11.5. The predicted molar refractivity (Wildman–Crippen MR) is 73.5 cm³/mol. The van der Waals surface area contributed by atoms with Crippen LogP contribution in [0.15, 0.2) is 23.3 Å². The molecule has 0 saturated heterocycles. The van der Waals surface area contributed by atoms with Gasteiger partial charge in [0.25, 0.3) is 0 Å². The first-order valence-electron chi connectivity index (χ1n) is 6.08. The molecule has 0 aromatic heterocycles. The standard InChI is InChI=1S/C16H20O2/c1-15(2,17)11-6-9-13-7-5-8-14(13)10-12-16(3,4)18/h8-9,17-18H,5,7H2,1-4H3/b13-9-. The quantitative estimate of drug-likeness (QED) is 0.641. The maximum absolute atomic E-state index is 9.57. The Bertz CT molecular complexity index is 486. The molecule has 2 N–H and O–H groups in total. The normalized spacial score (nSPS) is 17.7. The van der Waals surface area contributed by atoms with E-state index in [1.165, 1.54) is 0 Å². The fraction of sp³-hybridized carbons (Fsp3) is 0.500. The highest BCUT2D eigenvalue weighted by molar-refractivity contribution is 5.51. The van der Waals surface area contributed by atoms with Gasteiger partial charge in [-0.05, 0) is 52.2 Å². The largest absolute Gasteiger partial charge is 0.378 e. The molecule has 0 saturated carbocycles. The average Bonchev–Trinajstić information content (AvgIpc) is 2.59. The van der Waals surface area contributed by atoms with Crippen LogP contribution in [0.5, 0.6) is 0 Å². The molecule has 1 aliphatic carbocycles. The second-order valence-corrected chi connectivity index (χ2v) is 5.46. The molecule has 0 radical (unpaired) electrons. The highest BCUT2D eigenvalue weighted by atomic mass is 16.3. The summed E-state index contributed by atoms with van der Waals surface area (Å²) in [7, 11) is 0. The Labute approximate surface area is 109 Å². The van der Waals surface area contributed by atoms with Gasteiger partial charge >= 0.3 is 0 Å². The Morgan fingerprint density at radius 1 is 1.11 bits per heavy atom. The number of allylic oxidation sites excluding steroid dienone is 4. The van der Waals surface area contributed by atoms with Crippen LogP contribution < -0.4 is 0 Å². The molecule has 1 aliphatic rings. The second-order valence-electron chi connectivity index (χ2n) is 5.46. The molecule has 0 aromatic rings. The molecule has 2 heteroatoms. The third kappa shape index (κ3) is 5.73. The first kappa shape index (κ1) is 14.6. The lowest BCUT2D eigenvalue weighted by molar-refractivity contribution is 0.143. The molecule has 0 atom stereocenters. The first-order valence-corrected chi connectivity index (χ1v) is 6.08. The molecular formula is C16H20O2. The van der Waals surface area contributed by atoms with Crippen molar-refractivity contribution in [1.29, 1.82) is 0 Å². The molecule has 0 spiro atoms. The SMILES string of the molecule is CC(C)(O)C#C/C=C1/CCC=C1C#CC(C)(C)O. The summed E-state index contributed by atoms with van der Waals surface area (Å²) in [5.74, 6) is 11.4. The van der Waals surface area contributed by atoms with Gasteiger partial charge in [0, 0.05) is 5.57 Å². The van der Waals surface area contributed by atoms with Crippen LogP contribution in [-0.2, 0) is 0 Å². The van der Waals surface area contributed by atoms with Crippen molar-refractivity contribution in [3.05, 3.63) is 23.3 Å². The minimum atomic E-state index is -0.979. The molecule has 0 amide bonds. The molecule has 0 bridgehead atoms. The summed E-state index contributed by atoms with van der Waals surface area (Å²) < 4.78 is 0. The predicted octanol–water partition coefficient (Wildman–Crippen LogP) is 2.18. The Kier molecular flexibility index (Phi) is 4.41. The summed E-state index contributed by atoms with van der Waals surface area (Å²) in [4.78, 5) is 0. The maximum Gasteiger partial charge on any atom is 0.120 e. The molecule has 0 fully saturated rings. The van der Waals surface area contributed by atoms with Crippen molar-refractivity contribution in [2.45, 2.75) is 51.7 Å². The van der Waals surface area contributed by atoms with Gasteiger partial charge in [-0.2, -0.15) is 0 Å². The van der Waals surface area contributed by atoms with Gasteiger partial charge in [-0.25, -0.2) is 0 Å². The molecule has 96 valence electrons. The van der Waals surface area contributed by atoms with E-state index in [9.17, 15) is 10.2 Å². The molecular weight excluding hydrogens is 224 g/mol. The molecule has 0 unspecified atom stereocenters. The van der Waals surface area contributed by atoms with Crippen molar-refractivity contribution in [2.75, 3.05) is 0 Å². The van der Waals surface area contributed by atoms with E-state index in [4.69, 9.17) is 0 Å². The van der Waals surface area contributed by atoms with E-state index in [1.54, 1.807) is 33.8 Å². The minimum Gasteiger partial charge on any atom is -0.378 e. The van der Waals surface area contributed by atoms with E-state index in [0.29, 0.717) is 0 Å². The van der Waals surface area contributed by atoms with E-state index in [1.807, 2.05) is 0 Å². The lowest BCUT2D eigenvalue weighted by Gasteiger charge is -2.06. The van der Waals surface area contributed by atoms with Crippen molar-refractivity contribution in [3.8, 4) is 23.7 Å².